The molecule has 0 aliphatic carbocycles. The summed E-state index contributed by atoms with van der Waals surface area (Å²) in [6, 6.07) is 9.65. The Kier molecular flexibility index (Phi) is 4.85. The Morgan fingerprint density at radius 2 is 1.65 bits per heavy atom. The predicted molar refractivity (Wildman–Crippen MR) is 95.7 cm³/mol. The van der Waals surface area contributed by atoms with Crippen LogP contribution in [0.2, 0.25) is 0 Å². The maximum absolute atomic E-state index is 12.7. The number of aryl methyl sites for hydroxylation is 1. The van der Waals surface area contributed by atoms with Crippen LogP contribution in [0, 0.1) is 6.92 Å². The molecule has 0 saturated carbocycles. The minimum atomic E-state index is -4.02. The lowest BCUT2D eigenvalue weighted by atomic mass is 10.2. The van der Waals surface area contributed by atoms with Crippen LogP contribution in [0.25, 0.3) is 5.69 Å². The van der Waals surface area contributed by atoms with Crippen LogP contribution in [0.1, 0.15) is 5.56 Å². The average Bonchev–Trinajstić information content (AvgIpc) is 3.16. The van der Waals surface area contributed by atoms with Crippen LogP contribution in [0.5, 0.6) is 17.2 Å². The highest BCUT2D eigenvalue weighted by Crippen LogP contribution is 2.33. The highest BCUT2D eigenvalue weighted by molar-refractivity contribution is 7.87. The predicted octanol–water partition coefficient (Wildman–Crippen LogP) is 2.97. The van der Waals surface area contributed by atoms with Gasteiger partial charge in [-0.3, -0.25) is 0 Å². The van der Waals surface area contributed by atoms with Crippen LogP contribution >= 0.6 is 0 Å². The summed E-state index contributed by atoms with van der Waals surface area (Å²) in [4.78, 5) is 4.00. The molecule has 26 heavy (non-hydrogen) atoms. The molecule has 136 valence electrons. The van der Waals surface area contributed by atoms with Crippen molar-refractivity contribution in [2.75, 3.05) is 14.2 Å². The first-order chi connectivity index (χ1) is 12.4. The quantitative estimate of drug-likeness (QED) is 0.617. The second-order valence-electron chi connectivity index (χ2n) is 5.47. The van der Waals surface area contributed by atoms with Crippen molar-refractivity contribution in [2.45, 2.75) is 11.8 Å². The number of methoxy groups -OCH3 is 2. The molecular formula is C18H18N2O5S. The van der Waals surface area contributed by atoms with Crippen LogP contribution in [-0.4, -0.2) is 32.2 Å². The molecule has 3 rings (SSSR count). The fourth-order valence-electron chi connectivity index (χ4n) is 2.49. The topological polar surface area (TPSA) is 79.7 Å². The molecule has 0 N–H and O–H groups in total. The Hall–Kier alpha value is -3.00. The molecule has 3 aromatic rings. The van der Waals surface area contributed by atoms with Gasteiger partial charge in [0.05, 0.1) is 20.5 Å². The number of ether oxygens (including phenoxy) is 2. The molecule has 0 fully saturated rings. The Morgan fingerprint density at radius 3 is 2.23 bits per heavy atom. The molecule has 0 bridgehead atoms. The molecule has 8 heteroatoms. The summed E-state index contributed by atoms with van der Waals surface area (Å²) in [6.07, 6.45) is 5.11. The van der Waals surface area contributed by atoms with Gasteiger partial charge < -0.3 is 18.2 Å². The molecule has 0 spiro atoms. The smallest absolute Gasteiger partial charge is 0.339 e. The summed E-state index contributed by atoms with van der Waals surface area (Å²) < 4.78 is 42.8. The molecule has 7 nitrogen and oxygen atoms in total. The molecule has 0 saturated heterocycles. The van der Waals surface area contributed by atoms with Gasteiger partial charge in [0.1, 0.15) is 10.6 Å². The minimum Gasteiger partial charge on any atom is -0.493 e. The van der Waals surface area contributed by atoms with Gasteiger partial charge in [-0.05, 0) is 42.8 Å². The minimum absolute atomic E-state index is 0.0221. The van der Waals surface area contributed by atoms with E-state index in [4.69, 9.17) is 13.7 Å². The first-order valence-corrected chi connectivity index (χ1v) is 9.11. The first kappa shape index (κ1) is 17.8. The van der Waals surface area contributed by atoms with Crippen LogP contribution in [0.15, 0.2) is 60.0 Å². The summed E-state index contributed by atoms with van der Waals surface area (Å²) in [5, 5.41) is 0. The lowest BCUT2D eigenvalue weighted by Crippen LogP contribution is -2.12. The van der Waals surface area contributed by atoms with E-state index in [0.29, 0.717) is 17.1 Å². The lowest BCUT2D eigenvalue weighted by molar-refractivity contribution is 0.353. The van der Waals surface area contributed by atoms with Gasteiger partial charge in [0.25, 0.3) is 0 Å². The summed E-state index contributed by atoms with van der Waals surface area (Å²) in [7, 11) is -1.09. The van der Waals surface area contributed by atoms with Crippen molar-refractivity contribution < 1.29 is 22.1 Å². The number of aromatic nitrogens is 2. The van der Waals surface area contributed by atoms with E-state index in [9.17, 15) is 8.42 Å². The highest BCUT2D eigenvalue weighted by atomic mass is 32.2. The molecule has 0 atom stereocenters. The first-order valence-electron chi connectivity index (χ1n) is 7.70. The summed E-state index contributed by atoms with van der Waals surface area (Å²) in [5.41, 5.74) is 1.34. The van der Waals surface area contributed by atoms with E-state index in [-0.39, 0.29) is 10.6 Å². The summed E-state index contributed by atoms with van der Waals surface area (Å²) in [6.45, 7) is 1.67. The van der Waals surface area contributed by atoms with Gasteiger partial charge in [-0.25, -0.2) is 4.98 Å². The van der Waals surface area contributed by atoms with E-state index in [1.54, 1.807) is 60.5 Å². The molecule has 0 aliphatic heterocycles. The summed E-state index contributed by atoms with van der Waals surface area (Å²) in [5.74, 6) is 0.979. The van der Waals surface area contributed by atoms with Gasteiger partial charge in [-0.2, -0.15) is 8.42 Å². The van der Waals surface area contributed by atoms with Crippen LogP contribution in [0.4, 0.5) is 0 Å². The third-order valence-corrected chi connectivity index (χ3v) is 5.19. The van der Waals surface area contributed by atoms with Gasteiger partial charge >= 0.3 is 10.1 Å². The van der Waals surface area contributed by atoms with Crippen molar-refractivity contribution in [3.8, 4) is 22.9 Å². The lowest BCUT2D eigenvalue weighted by Gasteiger charge is -2.14. The van der Waals surface area contributed by atoms with Gasteiger partial charge in [0, 0.05) is 24.1 Å². The number of hydrogen-bond donors (Lipinski definition) is 0. The zero-order valence-electron chi connectivity index (χ0n) is 14.5. The molecule has 1 aromatic heterocycles. The van der Waals surface area contributed by atoms with Crippen molar-refractivity contribution >= 4 is 10.1 Å². The molecule has 0 radical (unpaired) electrons. The molecule has 2 aromatic carbocycles. The van der Waals surface area contributed by atoms with E-state index in [0.717, 1.165) is 5.69 Å². The maximum Gasteiger partial charge on any atom is 0.339 e. The van der Waals surface area contributed by atoms with E-state index in [1.807, 2.05) is 0 Å². The SMILES string of the molecule is COc1cc(C)c(S(=O)(=O)Oc2ccc(-n3ccnc3)cc2)cc1OC. The molecule has 0 amide bonds. The van der Waals surface area contributed by atoms with Crippen LogP contribution < -0.4 is 13.7 Å². The van der Waals surface area contributed by atoms with Crippen LogP contribution in [-0.2, 0) is 10.1 Å². The second kappa shape index (κ2) is 7.09. The Balaban J connectivity index is 1.89. The zero-order chi connectivity index (χ0) is 18.7. The van der Waals surface area contributed by atoms with Crippen LogP contribution in [0.3, 0.4) is 0 Å². The van der Waals surface area contributed by atoms with Crippen molar-refractivity contribution in [3.63, 3.8) is 0 Å². The van der Waals surface area contributed by atoms with Gasteiger partial charge in [-0.15, -0.1) is 0 Å². The molecule has 0 aliphatic rings. The number of benzene rings is 2. The second-order valence-corrected chi connectivity index (χ2v) is 6.99. The number of hydrogen-bond acceptors (Lipinski definition) is 6. The Bertz CT molecular complexity index is 997. The van der Waals surface area contributed by atoms with E-state index in [1.165, 1.54) is 20.3 Å². The van der Waals surface area contributed by atoms with Gasteiger partial charge in [-0.1, -0.05) is 0 Å². The fraction of sp³-hybridized carbons (Fsp3) is 0.167. The van der Waals surface area contributed by atoms with E-state index < -0.39 is 10.1 Å². The van der Waals surface area contributed by atoms with Gasteiger partial charge in [0.2, 0.25) is 0 Å². The molecule has 1 heterocycles. The summed E-state index contributed by atoms with van der Waals surface area (Å²) >= 11 is 0. The highest BCUT2D eigenvalue weighted by Gasteiger charge is 2.22. The number of nitrogens with zero attached hydrogens (tertiary/aromatic N) is 2. The standard InChI is InChI=1S/C18H18N2O5S/c1-13-10-16(23-2)17(24-3)11-18(13)26(21,22)25-15-6-4-14(5-7-15)20-9-8-19-12-20/h4-12H,1-3H3. The van der Waals surface area contributed by atoms with Crippen molar-refractivity contribution in [3.05, 3.63) is 60.7 Å². The Morgan fingerprint density at radius 1 is 1.00 bits per heavy atom. The third-order valence-electron chi connectivity index (χ3n) is 3.80. The normalized spacial score (nSPS) is 11.2. The third kappa shape index (κ3) is 3.50. The molecular weight excluding hydrogens is 356 g/mol. The monoisotopic (exact) mass is 374 g/mol. The van der Waals surface area contributed by atoms with E-state index >= 15 is 0 Å². The zero-order valence-corrected chi connectivity index (χ0v) is 15.4. The maximum atomic E-state index is 12.7. The van der Waals surface area contributed by atoms with Gasteiger partial charge in [0.15, 0.2) is 11.5 Å². The Labute approximate surface area is 151 Å². The largest absolute Gasteiger partial charge is 0.493 e. The van der Waals surface area contributed by atoms with Crippen molar-refractivity contribution in [2.24, 2.45) is 0 Å². The molecule has 0 unspecified atom stereocenters. The number of rotatable bonds is 6. The average molecular weight is 374 g/mol. The van der Waals surface area contributed by atoms with E-state index in [2.05, 4.69) is 4.98 Å². The van der Waals surface area contributed by atoms with Crippen molar-refractivity contribution in [1.82, 2.24) is 9.55 Å². The number of imidazole rings is 1. The fourth-order valence-corrected chi connectivity index (χ4v) is 3.65. The van der Waals surface area contributed by atoms with Crippen molar-refractivity contribution in [1.29, 1.82) is 0 Å².